The predicted octanol–water partition coefficient (Wildman–Crippen LogP) is 0.278. The fraction of sp³-hybridized carbons (Fsp3) is 0.200. The number of hydrogen-bond acceptors (Lipinski definition) is 2. The maximum absolute atomic E-state index is 4.85. The topological polar surface area (TPSA) is 40.2 Å². The summed E-state index contributed by atoms with van der Waals surface area (Å²) in [4.78, 5) is 4.41. The molecule has 0 aliphatic carbocycles. The van der Waals surface area contributed by atoms with E-state index in [-0.39, 0.29) is 0 Å². The van der Waals surface area contributed by atoms with Crippen LogP contribution in [0.4, 0.5) is 0 Å². The number of aromatic nitrogens is 1. The van der Waals surface area contributed by atoms with Crippen molar-refractivity contribution in [3.63, 3.8) is 0 Å². The number of hydrogen-bond donors (Lipinski definition) is 1. The molecule has 0 spiro atoms. The van der Waals surface area contributed by atoms with Crippen LogP contribution in [0.15, 0.2) is 18.5 Å². The highest BCUT2D eigenvalue weighted by molar-refractivity contribution is 5.16. The molecule has 0 amide bonds. The maximum atomic E-state index is 4.85. The van der Waals surface area contributed by atoms with Gasteiger partial charge in [0.25, 0.3) is 0 Å². The van der Waals surface area contributed by atoms with Gasteiger partial charge < -0.3 is 9.40 Å². The Kier molecular flexibility index (Phi) is 1.22. The molecule has 44 valence electrons. The van der Waals surface area contributed by atoms with Crippen molar-refractivity contribution < 1.29 is 4.84 Å². The van der Waals surface area contributed by atoms with E-state index in [4.69, 9.17) is 5.90 Å². The zero-order chi connectivity index (χ0) is 5.98. The quantitative estimate of drug-likeness (QED) is 0.530. The average Bonchev–Trinajstić information content (AvgIpc) is 2.14. The summed E-state index contributed by atoms with van der Waals surface area (Å²) in [5.41, 5.74) is 0. The van der Waals surface area contributed by atoms with Crippen molar-refractivity contribution in [3.8, 4) is 5.75 Å². The van der Waals surface area contributed by atoms with Crippen LogP contribution >= 0.6 is 0 Å². The van der Waals surface area contributed by atoms with Crippen molar-refractivity contribution in [2.24, 2.45) is 12.9 Å². The summed E-state index contributed by atoms with van der Waals surface area (Å²) in [6.45, 7) is 0. The SMILES string of the molecule is Cn1ccc(ON)c1. The normalized spacial score (nSPS) is 9.25. The molecule has 0 aliphatic heterocycles. The van der Waals surface area contributed by atoms with Crippen LogP contribution in [-0.2, 0) is 7.05 Å². The Labute approximate surface area is 47.6 Å². The van der Waals surface area contributed by atoms with Crippen molar-refractivity contribution in [1.29, 1.82) is 0 Å². The van der Waals surface area contributed by atoms with Crippen LogP contribution in [0.3, 0.4) is 0 Å². The third-order valence-corrected chi connectivity index (χ3v) is 0.941. The van der Waals surface area contributed by atoms with Gasteiger partial charge in [0.1, 0.15) is 0 Å². The minimum atomic E-state index is 0.688. The van der Waals surface area contributed by atoms with Gasteiger partial charge in [-0.05, 0) is 0 Å². The summed E-state index contributed by atoms with van der Waals surface area (Å²) in [7, 11) is 1.91. The Hall–Kier alpha value is -0.960. The van der Waals surface area contributed by atoms with E-state index in [9.17, 15) is 0 Å². The third kappa shape index (κ3) is 0.816. The van der Waals surface area contributed by atoms with Crippen molar-refractivity contribution in [1.82, 2.24) is 4.57 Å². The van der Waals surface area contributed by atoms with E-state index in [1.165, 1.54) is 0 Å². The first-order valence-electron chi connectivity index (χ1n) is 2.31. The molecule has 0 saturated carbocycles. The molecule has 0 radical (unpaired) electrons. The van der Waals surface area contributed by atoms with Crippen molar-refractivity contribution in [3.05, 3.63) is 18.5 Å². The summed E-state index contributed by atoms with van der Waals surface area (Å²) < 4.78 is 1.86. The van der Waals surface area contributed by atoms with Gasteiger partial charge in [0, 0.05) is 25.5 Å². The zero-order valence-corrected chi connectivity index (χ0v) is 4.66. The van der Waals surface area contributed by atoms with Crippen LogP contribution in [0.5, 0.6) is 5.75 Å². The Balaban J connectivity index is 2.84. The monoisotopic (exact) mass is 112 g/mol. The molecule has 0 bridgehead atoms. The number of nitrogens with zero attached hydrogens (tertiary/aromatic N) is 1. The lowest BCUT2D eigenvalue weighted by Crippen LogP contribution is -2.00. The number of aryl methyl sites for hydroxylation is 1. The van der Waals surface area contributed by atoms with Gasteiger partial charge in [0.05, 0.1) is 0 Å². The van der Waals surface area contributed by atoms with E-state index in [0.29, 0.717) is 5.75 Å². The predicted molar refractivity (Wildman–Crippen MR) is 30.2 cm³/mol. The first-order valence-corrected chi connectivity index (χ1v) is 2.31. The molecule has 1 aromatic rings. The van der Waals surface area contributed by atoms with Crippen molar-refractivity contribution >= 4 is 0 Å². The minimum absolute atomic E-state index is 0.688. The molecule has 0 aliphatic rings. The van der Waals surface area contributed by atoms with Crippen molar-refractivity contribution in [2.75, 3.05) is 0 Å². The summed E-state index contributed by atoms with van der Waals surface area (Å²) >= 11 is 0. The summed E-state index contributed by atoms with van der Waals surface area (Å²) in [6.07, 6.45) is 3.65. The molecular formula is C5H8N2O. The molecule has 8 heavy (non-hydrogen) atoms. The van der Waals surface area contributed by atoms with E-state index in [1.54, 1.807) is 12.3 Å². The lowest BCUT2D eigenvalue weighted by atomic mass is 10.6. The van der Waals surface area contributed by atoms with E-state index in [1.807, 2.05) is 17.8 Å². The molecule has 3 nitrogen and oxygen atoms in total. The van der Waals surface area contributed by atoms with E-state index < -0.39 is 0 Å². The van der Waals surface area contributed by atoms with E-state index >= 15 is 0 Å². The van der Waals surface area contributed by atoms with Crippen LogP contribution in [-0.4, -0.2) is 4.57 Å². The van der Waals surface area contributed by atoms with Crippen molar-refractivity contribution in [2.45, 2.75) is 0 Å². The van der Waals surface area contributed by atoms with Gasteiger partial charge in [-0.25, -0.2) is 0 Å². The highest BCUT2D eigenvalue weighted by Crippen LogP contribution is 2.05. The molecule has 2 N–H and O–H groups in total. The second kappa shape index (κ2) is 1.88. The third-order valence-electron chi connectivity index (χ3n) is 0.941. The lowest BCUT2D eigenvalue weighted by molar-refractivity contribution is 0.334. The fourth-order valence-electron chi connectivity index (χ4n) is 0.548. The second-order valence-electron chi connectivity index (χ2n) is 1.63. The highest BCUT2D eigenvalue weighted by Gasteiger charge is 1.88. The average molecular weight is 112 g/mol. The van der Waals surface area contributed by atoms with Gasteiger partial charge in [-0.2, -0.15) is 5.90 Å². The van der Waals surface area contributed by atoms with Gasteiger partial charge >= 0.3 is 0 Å². The largest absolute Gasteiger partial charge is 0.410 e. The smallest absolute Gasteiger partial charge is 0.164 e. The minimum Gasteiger partial charge on any atom is -0.410 e. The van der Waals surface area contributed by atoms with Gasteiger partial charge in [-0.3, -0.25) is 0 Å². The lowest BCUT2D eigenvalue weighted by Gasteiger charge is -1.87. The molecule has 0 fully saturated rings. The highest BCUT2D eigenvalue weighted by atomic mass is 16.6. The Morgan fingerprint density at radius 1 is 1.75 bits per heavy atom. The van der Waals surface area contributed by atoms with Gasteiger partial charge in [0.2, 0.25) is 0 Å². The molecule has 1 heterocycles. The first-order chi connectivity index (χ1) is 3.83. The molecule has 1 aromatic heterocycles. The fourth-order valence-corrected chi connectivity index (χ4v) is 0.548. The molecular weight excluding hydrogens is 104 g/mol. The van der Waals surface area contributed by atoms with Crippen LogP contribution in [0.25, 0.3) is 0 Å². The maximum Gasteiger partial charge on any atom is 0.164 e. The number of rotatable bonds is 1. The molecule has 3 heteroatoms. The van der Waals surface area contributed by atoms with Crippen LogP contribution in [0.2, 0.25) is 0 Å². The molecule has 0 atom stereocenters. The van der Waals surface area contributed by atoms with E-state index in [2.05, 4.69) is 4.84 Å². The van der Waals surface area contributed by atoms with Gasteiger partial charge in [0.15, 0.2) is 5.75 Å². The molecule has 0 aromatic carbocycles. The number of nitrogens with two attached hydrogens (primary N) is 1. The second-order valence-corrected chi connectivity index (χ2v) is 1.63. The van der Waals surface area contributed by atoms with Crippen LogP contribution in [0, 0.1) is 0 Å². The van der Waals surface area contributed by atoms with Crippen LogP contribution < -0.4 is 10.7 Å². The van der Waals surface area contributed by atoms with E-state index in [0.717, 1.165) is 0 Å². The Morgan fingerprint density at radius 2 is 2.50 bits per heavy atom. The summed E-state index contributed by atoms with van der Waals surface area (Å²) in [5.74, 6) is 5.54. The van der Waals surface area contributed by atoms with Gasteiger partial charge in [-0.1, -0.05) is 0 Å². The van der Waals surface area contributed by atoms with Gasteiger partial charge in [-0.15, -0.1) is 0 Å². The Morgan fingerprint density at radius 3 is 2.75 bits per heavy atom. The summed E-state index contributed by atoms with van der Waals surface area (Å²) in [5, 5.41) is 0. The van der Waals surface area contributed by atoms with Crippen LogP contribution in [0.1, 0.15) is 0 Å². The molecule has 1 rings (SSSR count). The summed E-state index contributed by atoms with van der Waals surface area (Å²) in [6, 6.07) is 1.79. The first kappa shape index (κ1) is 5.18. The molecule has 0 unspecified atom stereocenters. The zero-order valence-electron chi connectivity index (χ0n) is 4.66. The standard InChI is InChI=1S/C5H8N2O/c1-7-3-2-5(4-7)8-6/h2-4H,6H2,1H3. The Bertz CT molecular complexity index is 171. The molecule has 0 saturated heterocycles.